The SMILES string of the molecule is CCC(C)C(O)CCCI. The fraction of sp³-hybridized carbons (Fsp3) is 1.00. The molecule has 0 saturated heterocycles. The van der Waals surface area contributed by atoms with Crippen molar-refractivity contribution in [2.75, 3.05) is 4.43 Å². The maximum Gasteiger partial charge on any atom is 0.0565 e. The van der Waals surface area contributed by atoms with E-state index in [0.717, 1.165) is 23.7 Å². The molecule has 1 nitrogen and oxygen atoms in total. The molecule has 2 heteroatoms. The molecule has 0 heterocycles. The summed E-state index contributed by atoms with van der Waals surface area (Å²) in [5.41, 5.74) is 0. The first-order valence-electron chi connectivity index (χ1n) is 3.96. The summed E-state index contributed by atoms with van der Waals surface area (Å²) < 4.78 is 1.16. The van der Waals surface area contributed by atoms with Crippen LogP contribution in [0, 0.1) is 5.92 Å². The molecule has 0 radical (unpaired) electrons. The largest absolute Gasteiger partial charge is 0.393 e. The van der Waals surface area contributed by atoms with Gasteiger partial charge in [0.05, 0.1) is 6.10 Å². The second-order valence-corrected chi connectivity index (χ2v) is 3.86. The Bertz CT molecular complexity index is 75.7. The summed E-state index contributed by atoms with van der Waals surface area (Å²) in [7, 11) is 0. The first-order valence-corrected chi connectivity index (χ1v) is 5.49. The molecule has 0 amide bonds. The van der Waals surface area contributed by atoms with Gasteiger partial charge in [-0.15, -0.1) is 0 Å². The van der Waals surface area contributed by atoms with Crippen molar-refractivity contribution >= 4 is 22.6 Å². The minimum Gasteiger partial charge on any atom is -0.393 e. The highest BCUT2D eigenvalue weighted by molar-refractivity contribution is 14.1. The number of aliphatic hydroxyl groups excluding tert-OH is 1. The van der Waals surface area contributed by atoms with Crippen LogP contribution in [0.2, 0.25) is 0 Å². The zero-order chi connectivity index (χ0) is 7.98. The van der Waals surface area contributed by atoms with E-state index in [1.807, 2.05) is 0 Å². The van der Waals surface area contributed by atoms with Crippen LogP contribution in [0.25, 0.3) is 0 Å². The van der Waals surface area contributed by atoms with E-state index in [1.54, 1.807) is 0 Å². The van der Waals surface area contributed by atoms with Crippen molar-refractivity contribution < 1.29 is 5.11 Å². The third-order valence-corrected chi connectivity index (χ3v) is 2.70. The first kappa shape index (κ1) is 10.7. The Hall–Kier alpha value is 0.690. The summed E-state index contributed by atoms with van der Waals surface area (Å²) in [6.07, 6.45) is 3.13. The number of hydrogen-bond donors (Lipinski definition) is 1. The summed E-state index contributed by atoms with van der Waals surface area (Å²) in [5, 5.41) is 9.45. The van der Waals surface area contributed by atoms with Gasteiger partial charge in [0.1, 0.15) is 0 Å². The number of rotatable bonds is 5. The highest BCUT2D eigenvalue weighted by Crippen LogP contribution is 2.12. The van der Waals surface area contributed by atoms with Crippen LogP contribution in [-0.4, -0.2) is 15.6 Å². The summed E-state index contributed by atoms with van der Waals surface area (Å²) >= 11 is 2.35. The topological polar surface area (TPSA) is 20.2 Å². The number of hydrogen-bond acceptors (Lipinski definition) is 1. The molecule has 0 aliphatic rings. The Labute approximate surface area is 77.3 Å². The molecule has 0 spiro atoms. The van der Waals surface area contributed by atoms with Gasteiger partial charge in [-0.25, -0.2) is 0 Å². The van der Waals surface area contributed by atoms with Crippen molar-refractivity contribution in [3.05, 3.63) is 0 Å². The van der Waals surface area contributed by atoms with Crippen molar-refractivity contribution in [1.82, 2.24) is 0 Å². The summed E-state index contributed by atoms with van der Waals surface area (Å²) in [6, 6.07) is 0. The van der Waals surface area contributed by atoms with E-state index < -0.39 is 0 Å². The fourth-order valence-electron chi connectivity index (χ4n) is 0.843. The van der Waals surface area contributed by atoms with Crippen LogP contribution in [0.5, 0.6) is 0 Å². The minimum absolute atomic E-state index is 0.0697. The van der Waals surface area contributed by atoms with E-state index in [1.165, 1.54) is 0 Å². The normalized spacial score (nSPS) is 16.8. The summed E-state index contributed by atoms with van der Waals surface area (Å²) in [5.74, 6) is 0.475. The van der Waals surface area contributed by atoms with Crippen LogP contribution in [-0.2, 0) is 0 Å². The third kappa shape index (κ3) is 4.50. The molecule has 0 aromatic rings. The monoisotopic (exact) mass is 256 g/mol. The molecule has 2 unspecified atom stereocenters. The number of aliphatic hydroxyl groups is 1. The second kappa shape index (κ2) is 6.40. The maximum absolute atomic E-state index is 9.45. The van der Waals surface area contributed by atoms with Crippen LogP contribution in [0.4, 0.5) is 0 Å². The zero-order valence-electron chi connectivity index (χ0n) is 6.81. The molecule has 0 fully saturated rings. The molecule has 0 aromatic heterocycles. The van der Waals surface area contributed by atoms with Gasteiger partial charge in [0.2, 0.25) is 0 Å². The van der Waals surface area contributed by atoms with Crippen LogP contribution in [0.3, 0.4) is 0 Å². The van der Waals surface area contributed by atoms with Gasteiger partial charge in [-0.2, -0.15) is 0 Å². The lowest BCUT2D eigenvalue weighted by atomic mass is 9.98. The second-order valence-electron chi connectivity index (χ2n) is 2.78. The Balaban J connectivity index is 3.31. The first-order chi connectivity index (χ1) is 4.72. The highest BCUT2D eigenvalue weighted by Gasteiger charge is 2.10. The molecule has 1 N–H and O–H groups in total. The highest BCUT2D eigenvalue weighted by atomic mass is 127. The van der Waals surface area contributed by atoms with Crippen LogP contribution < -0.4 is 0 Å². The van der Waals surface area contributed by atoms with Gasteiger partial charge in [-0.3, -0.25) is 0 Å². The lowest BCUT2D eigenvalue weighted by Gasteiger charge is -2.15. The van der Waals surface area contributed by atoms with E-state index in [2.05, 4.69) is 36.4 Å². The van der Waals surface area contributed by atoms with Crippen molar-refractivity contribution in [1.29, 1.82) is 0 Å². The van der Waals surface area contributed by atoms with Gasteiger partial charge < -0.3 is 5.11 Å². The molecule has 0 aliphatic heterocycles. The summed E-state index contributed by atoms with van der Waals surface area (Å²) in [4.78, 5) is 0. The smallest absolute Gasteiger partial charge is 0.0565 e. The standard InChI is InChI=1S/C8H17IO/c1-3-7(2)8(10)5-4-6-9/h7-8,10H,3-6H2,1-2H3. The summed E-state index contributed by atoms with van der Waals surface area (Å²) in [6.45, 7) is 4.23. The number of alkyl halides is 1. The van der Waals surface area contributed by atoms with Gasteiger partial charge in [0.15, 0.2) is 0 Å². The predicted octanol–water partition coefficient (Wildman–Crippen LogP) is 2.61. The molecule has 62 valence electrons. The zero-order valence-corrected chi connectivity index (χ0v) is 8.97. The van der Waals surface area contributed by atoms with Crippen LogP contribution in [0.15, 0.2) is 0 Å². The van der Waals surface area contributed by atoms with Crippen molar-refractivity contribution in [2.45, 2.75) is 39.2 Å². The van der Waals surface area contributed by atoms with Crippen molar-refractivity contribution in [3.8, 4) is 0 Å². The minimum atomic E-state index is -0.0697. The Morgan fingerprint density at radius 3 is 2.50 bits per heavy atom. The molecular weight excluding hydrogens is 239 g/mol. The predicted molar refractivity (Wildman–Crippen MR) is 53.6 cm³/mol. The van der Waals surface area contributed by atoms with Gasteiger partial charge in [0, 0.05) is 0 Å². The Kier molecular flexibility index (Phi) is 6.85. The lowest BCUT2D eigenvalue weighted by Crippen LogP contribution is -2.16. The van der Waals surface area contributed by atoms with E-state index in [-0.39, 0.29) is 6.10 Å². The van der Waals surface area contributed by atoms with E-state index >= 15 is 0 Å². The molecule has 0 aromatic carbocycles. The van der Waals surface area contributed by atoms with Crippen LogP contribution >= 0.6 is 22.6 Å². The van der Waals surface area contributed by atoms with E-state index in [0.29, 0.717) is 5.92 Å². The van der Waals surface area contributed by atoms with Gasteiger partial charge >= 0.3 is 0 Å². The maximum atomic E-state index is 9.45. The molecule has 0 bridgehead atoms. The molecular formula is C8H17IO. The van der Waals surface area contributed by atoms with E-state index in [9.17, 15) is 5.11 Å². The average Bonchev–Trinajstić information content (AvgIpc) is 1.98. The average molecular weight is 256 g/mol. The van der Waals surface area contributed by atoms with Gasteiger partial charge in [0.25, 0.3) is 0 Å². The molecule has 0 aliphatic carbocycles. The molecule has 0 saturated carbocycles. The lowest BCUT2D eigenvalue weighted by molar-refractivity contribution is 0.105. The third-order valence-electron chi connectivity index (χ3n) is 1.93. The molecule has 0 rings (SSSR count). The quantitative estimate of drug-likeness (QED) is 0.592. The van der Waals surface area contributed by atoms with Crippen molar-refractivity contribution in [3.63, 3.8) is 0 Å². The van der Waals surface area contributed by atoms with Crippen molar-refractivity contribution in [2.24, 2.45) is 5.92 Å². The fourth-order valence-corrected chi connectivity index (χ4v) is 1.28. The molecule has 10 heavy (non-hydrogen) atoms. The van der Waals surface area contributed by atoms with Gasteiger partial charge in [-0.1, -0.05) is 42.9 Å². The Morgan fingerprint density at radius 2 is 2.10 bits per heavy atom. The Morgan fingerprint density at radius 1 is 1.50 bits per heavy atom. The van der Waals surface area contributed by atoms with E-state index in [4.69, 9.17) is 0 Å². The number of halogens is 1. The molecule has 2 atom stereocenters. The van der Waals surface area contributed by atoms with Crippen LogP contribution in [0.1, 0.15) is 33.1 Å². The van der Waals surface area contributed by atoms with Gasteiger partial charge in [-0.05, 0) is 23.2 Å².